The lowest BCUT2D eigenvalue weighted by atomic mass is 10.0. The zero-order chi connectivity index (χ0) is 22.4. The van der Waals surface area contributed by atoms with Crippen molar-refractivity contribution in [3.63, 3.8) is 0 Å². The first-order chi connectivity index (χ1) is 15.6. The number of halogens is 2. The van der Waals surface area contributed by atoms with Gasteiger partial charge in [-0.05, 0) is 41.8 Å². The van der Waals surface area contributed by atoms with Crippen LogP contribution < -0.4 is 0 Å². The van der Waals surface area contributed by atoms with E-state index >= 15 is 0 Å². The molecule has 2 fully saturated rings. The van der Waals surface area contributed by atoms with Gasteiger partial charge in [0, 0.05) is 6.61 Å². The lowest BCUT2D eigenvalue weighted by molar-refractivity contribution is -0.0642. The summed E-state index contributed by atoms with van der Waals surface area (Å²) in [6.45, 7) is 4.36. The molecule has 174 valence electrons. The van der Waals surface area contributed by atoms with Gasteiger partial charge < -0.3 is 14.2 Å². The zero-order valence-corrected chi connectivity index (χ0v) is 18.8. The van der Waals surface area contributed by atoms with Gasteiger partial charge in [-0.25, -0.2) is 13.7 Å². The number of unbranched alkanes of at least 4 members (excludes halogenated alkanes) is 5. The normalized spacial score (nSPS) is 25.3. The van der Waals surface area contributed by atoms with Crippen LogP contribution in [0.1, 0.15) is 69.0 Å². The SMILES string of the molecule is CCCCCCCCOCC12COC(c3ccc(F)cc3)N1C(c1ccc(F)cc1)OC2. The molecule has 2 heterocycles. The van der Waals surface area contributed by atoms with Crippen LogP contribution in [0.25, 0.3) is 0 Å². The molecule has 0 aliphatic carbocycles. The first kappa shape index (κ1) is 23.3. The molecule has 2 unspecified atom stereocenters. The molecule has 6 heteroatoms. The van der Waals surface area contributed by atoms with Crippen molar-refractivity contribution < 1.29 is 23.0 Å². The fourth-order valence-electron chi connectivity index (χ4n) is 4.61. The van der Waals surface area contributed by atoms with E-state index in [0.717, 1.165) is 17.5 Å². The molecule has 0 aromatic heterocycles. The van der Waals surface area contributed by atoms with E-state index in [4.69, 9.17) is 14.2 Å². The van der Waals surface area contributed by atoms with Crippen LogP contribution in [0.5, 0.6) is 0 Å². The number of fused-ring (bicyclic) bond motifs is 1. The minimum absolute atomic E-state index is 0.284. The van der Waals surface area contributed by atoms with Gasteiger partial charge in [0.15, 0.2) is 0 Å². The smallest absolute Gasteiger partial charge is 0.139 e. The van der Waals surface area contributed by atoms with Gasteiger partial charge in [-0.2, -0.15) is 0 Å². The minimum atomic E-state index is -0.430. The predicted octanol–water partition coefficient (Wildman–Crippen LogP) is 6.14. The number of hydrogen-bond donors (Lipinski definition) is 0. The Balaban J connectivity index is 1.46. The van der Waals surface area contributed by atoms with Gasteiger partial charge >= 0.3 is 0 Å². The molecular formula is C26H33F2NO3. The average Bonchev–Trinajstić information content (AvgIpc) is 3.34. The van der Waals surface area contributed by atoms with E-state index in [1.165, 1.54) is 56.4 Å². The topological polar surface area (TPSA) is 30.9 Å². The van der Waals surface area contributed by atoms with Gasteiger partial charge in [-0.15, -0.1) is 0 Å². The molecular weight excluding hydrogens is 412 g/mol. The molecule has 2 aliphatic heterocycles. The first-order valence-electron chi connectivity index (χ1n) is 11.7. The third-order valence-corrected chi connectivity index (χ3v) is 6.40. The van der Waals surface area contributed by atoms with E-state index < -0.39 is 5.54 Å². The second-order valence-corrected chi connectivity index (χ2v) is 8.88. The Kier molecular flexibility index (Phi) is 7.89. The predicted molar refractivity (Wildman–Crippen MR) is 119 cm³/mol. The number of benzene rings is 2. The highest BCUT2D eigenvalue weighted by Crippen LogP contribution is 2.49. The average molecular weight is 446 g/mol. The third-order valence-electron chi connectivity index (χ3n) is 6.40. The van der Waals surface area contributed by atoms with Gasteiger partial charge in [0.25, 0.3) is 0 Å². The van der Waals surface area contributed by atoms with Crippen LogP contribution >= 0.6 is 0 Å². The summed E-state index contributed by atoms with van der Waals surface area (Å²) in [7, 11) is 0. The molecule has 32 heavy (non-hydrogen) atoms. The van der Waals surface area contributed by atoms with Crippen molar-refractivity contribution in [2.24, 2.45) is 0 Å². The van der Waals surface area contributed by atoms with Gasteiger partial charge in [-0.3, -0.25) is 0 Å². The number of rotatable bonds is 11. The van der Waals surface area contributed by atoms with Crippen LogP contribution in [0.2, 0.25) is 0 Å². The molecule has 2 saturated heterocycles. The highest BCUT2D eigenvalue weighted by atomic mass is 19.1. The fourth-order valence-corrected chi connectivity index (χ4v) is 4.61. The molecule has 2 aromatic rings. The Morgan fingerprint density at radius 3 is 1.84 bits per heavy atom. The Labute approximate surface area is 189 Å². The summed E-state index contributed by atoms with van der Waals surface area (Å²) < 4.78 is 45.5. The summed E-state index contributed by atoms with van der Waals surface area (Å²) in [6.07, 6.45) is 6.54. The van der Waals surface area contributed by atoms with Crippen LogP contribution in [-0.4, -0.2) is 36.9 Å². The number of nitrogens with zero attached hydrogens (tertiary/aromatic N) is 1. The second-order valence-electron chi connectivity index (χ2n) is 8.88. The van der Waals surface area contributed by atoms with Gasteiger partial charge in [-0.1, -0.05) is 63.3 Å². The van der Waals surface area contributed by atoms with Crippen molar-refractivity contribution in [2.75, 3.05) is 26.4 Å². The number of hydrogen-bond acceptors (Lipinski definition) is 4. The minimum Gasteiger partial charge on any atom is -0.379 e. The van der Waals surface area contributed by atoms with E-state index in [-0.39, 0.29) is 24.1 Å². The molecule has 0 radical (unpaired) electrons. The van der Waals surface area contributed by atoms with Crippen molar-refractivity contribution in [1.29, 1.82) is 0 Å². The largest absolute Gasteiger partial charge is 0.379 e. The summed E-state index contributed by atoms with van der Waals surface area (Å²) in [5.41, 5.74) is 1.30. The molecule has 0 spiro atoms. The molecule has 0 bridgehead atoms. The summed E-state index contributed by atoms with van der Waals surface area (Å²) in [5.74, 6) is -0.568. The quantitative estimate of drug-likeness (QED) is 0.389. The van der Waals surface area contributed by atoms with Crippen molar-refractivity contribution >= 4 is 0 Å². The van der Waals surface area contributed by atoms with Gasteiger partial charge in [0.2, 0.25) is 0 Å². The van der Waals surface area contributed by atoms with Crippen LogP contribution in [-0.2, 0) is 14.2 Å². The molecule has 2 atom stereocenters. The van der Waals surface area contributed by atoms with E-state index in [1.807, 2.05) is 0 Å². The van der Waals surface area contributed by atoms with E-state index in [2.05, 4.69) is 11.8 Å². The Morgan fingerprint density at radius 2 is 1.31 bits per heavy atom. The Hall–Kier alpha value is -1.86. The van der Waals surface area contributed by atoms with Gasteiger partial charge in [0.05, 0.1) is 25.4 Å². The molecule has 4 nitrogen and oxygen atoms in total. The van der Waals surface area contributed by atoms with Crippen LogP contribution in [0.4, 0.5) is 8.78 Å². The maximum absolute atomic E-state index is 13.5. The summed E-state index contributed by atoms with van der Waals surface area (Å²) >= 11 is 0. The van der Waals surface area contributed by atoms with Crippen LogP contribution in [0.15, 0.2) is 48.5 Å². The van der Waals surface area contributed by atoms with E-state index in [9.17, 15) is 8.78 Å². The van der Waals surface area contributed by atoms with Gasteiger partial charge in [0.1, 0.15) is 24.1 Å². The summed E-state index contributed by atoms with van der Waals surface area (Å²) in [4.78, 5) is 2.18. The van der Waals surface area contributed by atoms with E-state index in [0.29, 0.717) is 26.4 Å². The maximum atomic E-state index is 13.5. The lowest BCUT2D eigenvalue weighted by Crippen LogP contribution is -2.48. The Morgan fingerprint density at radius 1 is 0.812 bits per heavy atom. The highest BCUT2D eigenvalue weighted by Gasteiger charge is 2.56. The van der Waals surface area contributed by atoms with Crippen molar-refractivity contribution in [2.45, 2.75) is 63.4 Å². The molecule has 4 rings (SSSR count). The molecule has 2 aromatic carbocycles. The van der Waals surface area contributed by atoms with E-state index in [1.54, 1.807) is 24.3 Å². The highest BCUT2D eigenvalue weighted by molar-refractivity contribution is 5.25. The summed E-state index contributed by atoms with van der Waals surface area (Å²) in [5, 5.41) is 0. The van der Waals surface area contributed by atoms with Crippen molar-refractivity contribution in [1.82, 2.24) is 4.90 Å². The second kappa shape index (κ2) is 10.8. The van der Waals surface area contributed by atoms with Crippen LogP contribution in [0.3, 0.4) is 0 Å². The Bertz CT molecular complexity index is 786. The van der Waals surface area contributed by atoms with Crippen molar-refractivity contribution in [3.8, 4) is 0 Å². The van der Waals surface area contributed by atoms with Crippen LogP contribution in [0, 0.1) is 11.6 Å². The van der Waals surface area contributed by atoms with Crippen molar-refractivity contribution in [3.05, 3.63) is 71.3 Å². The fraction of sp³-hybridized carbons (Fsp3) is 0.538. The molecule has 0 N–H and O–H groups in total. The lowest BCUT2D eigenvalue weighted by Gasteiger charge is -2.34. The third kappa shape index (κ3) is 5.20. The standard InChI is InChI=1S/C26H33F2NO3/c1-2-3-4-5-6-7-16-30-17-26-18-31-24(20-8-12-22(27)13-9-20)29(26)25(32-19-26)21-10-14-23(28)15-11-21/h8-15,24-25H,2-7,16-19H2,1H3. The molecule has 2 aliphatic rings. The maximum Gasteiger partial charge on any atom is 0.139 e. The zero-order valence-electron chi connectivity index (χ0n) is 18.8. The summed E-state index contributed by atoms with van der Waals surface area (Å²) in [6, 6.07) is 12.7. The first-order valence-corrected chi connectivity index (χ1v) is 11.7. The molecule has 0 saturated carbocycles. The molecule has 0 amide bonds. The monoisotopic (exact) mass is 445 g/mol. The number of ether oxygens (including phenoxy) is 3.